The molecule has 0 aliphatic rings. The minimum absolute atomic E-state index is 0.0627. The first-order valence-corrected chi connectivity index (χ1v) is 10.1. The predicted molar refractivity (Wildman–Crippen MR) is 108 cm³/mol. The normalized spacial score (nSPS) is 13.0. The van der Waals surface area contributed by atoms with Gasteiger partial charge < -0.3 is 19.6 Å². The minimum Gasteiger partial charge on any atom is -0.350 e. The standard InChI is InChI=1S/C17H21N4O8P/c1-21(2,3)11-17(29-30(26,27)28)12-4-6-13(7-5-12)18-15-9-8-14(19(22)23)10-16(15)20(24)25/h4-10,17-18H,11H2,1-3H3,(H-,26,27,28)/p+1. The Balaban J connectivity index is 2.29. The van der Waals surface area contributed by atoms with Crippen LogP contribution in [0.5, 0.6) is 0 Å². The molecule has 12 nitrogen and oxygen atoms in total. The number of nitro benzene ring substituents is 2. The molecule has 0 heterocycles. The Bertz CT molecular complexity index is 984. The van der Waals surface area contributed by atoms with Crippen LogP contribution in [0.4, 0.5) is 22.7 Å². The van der Waals surface area contributed by atoms with Gasteiger partial charge in [0.25, 0.3) is 11.4 Å². The van der Waals surface area contributed by atoms with E-state index in [1.807, 2.05) is 21.1 Å². The second kappa shape index (κ2) is 8.86. The van der Waals surface area contributed by atoms with Crippen LogP contribution in [-0.2, 0) is 9.09 Å². The van der Waals surface area contributed by atoms with E-state index in [0.29, 0.717) is 15.7 Å². The average Bonchev–Trinajstić information content (AvgIpc) is 2.59. The molecule has 0 aromatic heterocycles. The van der Waals surface area contributed by atoms with Crippen molar-refractivity contribution in [3.05, 3.63) is 68.3 Å². The second-order valence-electron chi connectivity index (χ2n) is 7.52. The number of hydrogen-bond acceptors (Lipinski definition) is 7. The van der Waals surface area contributed by atoms with Crippen molar-refractivity contribution >= 4 is 30.6 Å². The van der Waals surface area contributed by atoms with Crippen LogP contribution in [0.3, 0.4) is 0 Å². The van der Waals surface area contributed by atoms with E-state index < -0.39 is 35.1 Å². The summed E-state index contributed by atoms with van der Waals surface area (Å²) in [5.74, 6) is 0. The molecule has 3 N–H and O–H groups in total. The fraction of sp³-hybridized carbons (Fsp3) is 0.294. The molecule has 2 aromatic carbocycles. The number of nitrogens with one attached hydrogen (secondary N) is 1. The first kappa shape index (κ1) is 23.4. The van der Waals surface area contributed by atoms with Crippen LogP contribution in [0.15, 0.2) is 42.5 Å². The van der Waals surface area contributed by atoms with E-state index in [1.54, 1.807) is 24.3 Å². The lowest BCUT2D eigenvalue weighted by Gasteiger charge is -2.29. The van der Waals surface area contributed by atoms with Gasteiger partial charge in [0, 0.05) is 11.8 Å². The van der Waals surface area contributed by atoms with Crippen molar-refractivity contribution in [2.24, 2.45) is 0 Å². The van der Waals surface area contributed by atoms with Crippen molar-refractivity contribution in [1.29, 1.82) is 0 Å². The third-order valence-electron chi connectivity index (χ3n) is 3.93. The monoisotopic (exact) mass is 441 g/mol. The summed E-state index contributed by atoms with van der Waals surface area (Å²) >= 11 is 0. The molecule has 30 heavy (non-hydrogen) atoms. The molecule has 13 heteroatoms. The number of benzene rings is 2. The van der Waals surface area contributed by atoms with Crippen LogP contribution in [0.2, 0.25) is 0 Å². The van der Waals surface area contributed by atoms with Crippen LogP contribution < -0.4 is 5.32 Å². The lowest BCUT2D eigenvalue weighted by molar-refractivity contribution is -0.874. The van der Waals surface area contributed by atoms with Gasteiger partial charge in [-0.3, -0.25) is 24.8 Å². The van der Waals surface area contributed by atoms with E-state index in [2.05, 4.69) is 5.32 Å². The zero-order valence-electron chi connectivity index (χ0n) is 16.5. The summed E-state index contributed by atoms with van der Waals surface area (Å²) in [6.45, 7) is 0.283. The Labute approximate surface area is 171 Å². The summed E-state index contributed by atoms with van der Waals surface area (Å²) in [6.07, 6.45) is -0.881. The Morgan fingerprint density at radius 1 is 1.07 bits per heavy atom. The van der Waals surface area contributed by atoms with Crippen LogP contribution in [-0.4, -0.2) is 51.8 Å². The van der Waals surface area contributed by atoms with Crippen molar-refractivity contribution in [2.75, 3.05) is 33.0 Å². The lowest BCUT2D eigenvalue weighted by atomic mass is 10.1. The Morgan fingerprint density at radius 3 is 2.13 bits per heavy atom. The highest BCUT2D eigenvalue weighted by Crippen LogP contribution is 2.43. The van der Waals surface area contributed by atoms with Gasteiger partial charge in [-0.05, 0) is 23.8 Å². The van der Waals surface area contributed by atoms with Gasteiger partial charge in [-0.25, -0.2) is 4.57 Å². The van der Waals surface area contributed by atoms with Gasteiger partial charge in [-0.15, -0.1) is 0 Å². The van der Waals surface area contributed by atoms with Crippen LogP contribution in [0, 0.1) is 20.2 Å². The molecule has 0 radical (unpaired) electrons. The quantitative estimate of drug-likeness (QED) is 0.229. The number of non-ortho nitro benzene ring substituents is 1. The van der Waals surface area contributed by atoms with E-state index in [1.165, 1.54) is 6.07 Å². The number of nitrogens with zero attached hydrogens (tertiary/aromatic N) is 3. The SMILES string of the molecule is C[N+](C)(C)CC(OP(=O)(O)O)c1ccc(Nc2ccc([N+](=O)[O-])cc2[N+](=O)[O-])cc1. The van der Waals surface area contributed by atoms with E-state index in [9.17, 15) is 34.6 Å². The van der Waals surface area contributed by atoms with Gasteiger partial charge in [-0.1, -0.05) is 12.1 Å². The highest BCUT2D eigenvalue weighted by Gasteiger charge is 2.28. The molecule has 0 amide bonds. The first-order valence-electron chi connectivity index (χ1n) is 8.59. The maximum absolute atomic E-state index is 11.3. The largest absolute Gasteiger partial charge is 0.470 e. The number of quaternary nitrogens is 1. The van der Waals surface area contributed by atoms with E-state index in [-0.39, 0.29) is 12.2 Å². The van der Waals surface area contributed by atoms with Crippen molar-refractivity contribution in [3.8, 4) is 0 Å². The van der Waals surface area contributed by atoms with Crippen molar-refractivity contribution < 1.29 is 33.2 Å². The summed E-state index contributed by atoms with van der Waals surface area (Å²) in [5, 5.41) is 24.9. The third-order valence-corrected chi connectivity index (χ3v) is 4.46. The molecular weight excluding hydrogens is 419 g/mol. The van der Waals surface area contributed by atoms with Gasteiger partial charge in [0.15, 0.2) is 0 Å². The van der Waals surface area contributed by atoms with Crippen molar-refractivity contribution in [3.63, 3.8) is 0 Å². The molecule has 2 rings (SSSR count). The highest BCUT2D eigenvalue weighted by atomic mass is 31.2. The highest BCUT2D eigenvalue weighted by molar-refractivity contribution is 7.46. The number of phosphoric acid groups is 1. The zero-order chi connectivity index (χ0) is 22.7. The maximum atomic E-state index is 11.3. The van der Waals surface area contributed by atoms with E-state index >= 15 is 0 Å². The summed E-state index contributed by atoms with van der Waals surface area (Å²) in [7, 11) is 0.815. The summed E-state index contributed by atoms with van der Waals surface area (Å²) in [4.78, 5) is 39.0. The molecule has 0 bridgehead atoms. The molecule has 0 aliphatic carbocycles. The molecule has 0 aliphatic heterocycles. The molecule has 0 saturated carbocycles. The molecule has 1 unspecified atom stereocenters. The second-order valence-corrected chi connectivity index (χ2v) is 8.71. The van der Waals surface area contributed by atoms with Crippen LogP contribution >= 0.6 is 7.82 Å². The summed E-state index contributed by atoms with van der Waals surface area (Å²) in [6, 6.07) is 9.53. The molecule has 0 fully saturated rings. The molecule has 0 spiro atoms. The van der Waals surface area contributed by atoms with Crippen LogP contribution in [0.25, 0.3) is 0 Å². The fourth-order valence-corrected chi connectivity index (χ4v) is 3.21. The van der Waals surface area contributed by atoms with Gasteiger partial charge in [0.1, 0.15) is 18.3 Å². The van der Waals surface area contributed by atoms with Crippen molar-refractivity contribution in [1.82, 2.24) is 0 Å². The molecule has 2 aromatic rings. The summed E-state index contributed by atoms with van der Waals surface area (Å²) in [5.41, 5.74) is 0.153. The van der Waals surface area contributed by atoms with E-state index in [4.69, 9.17) is 4.52 Å². The fourth-order valence-electron chi connectivity index (χ4n) is 2.69. The topological polar surface area (TPSA) is 165 Å². The lowest BCUT2D eigenvalue weighted by Crippen LogP contribution is -2.38. The smallest absolute Gasteiger partial charge is 0.350 e. The number of phosphoric ester groups is 1. The number of rotatable bonds is 9. The minimum atomic E-state index is -4.73. The van der Waals surface area contributed by atoms with Gasteiger partial charge in [-0.2, -0.15) is 0 Å². The third kappa shape index (κ3) is 6.87. The van der Waals surface area contributed by atoms with Gasteiger partial charge >= 0.3 is 7.82 Å². The number of anilines is 2. The average molecular weight is 441 g/mol. The predicted octanol–water partition coefficient (Wildman–Crippen LogP) is 3.10. The number of likely N-dealkylation sites (N-methyl/N-ethyl adjacent to an activating group) is 1. The first-order chi connectivity index (χ1) is 13.7. The van der Waals surface area contributed by atoms with Crippen LogP contribution in [0.1, 0.15) is 11.7 Å². The molecule has 1 atom stereocenters. The van der Waals surface area contributed by atoms with Gasteiger partial charge in [0.2, 0.25) is 0 Å². The van der Waals surface area contributed by atoms with E-state index in [0.717, 1.165) is 12.1 Å². The van der Waals surface area contributed by atoms with Crippen molar-refractivity contribution in [2.45, 2.75) is 6.10 Å². The Morgan fingerprint density at radius 2 is 1.67 bits per heavy atom. The number of nitro groups is 2. The van der Waals surface area contributed by atoms with Gasteiger partial charge in [0.05, 0.1) is 37.1 Å². The Hall–Kier alpha value is -2.89. The summed E-state index contributed by atoms with van der Waals surface area (Å²) < 4.78 is 16.6. The maximum Gasteiger partial charge on any atom is 0.470 e. The number of hydrogen-bond donors (Lipinski definition) is 3. The zero-order valence-corrected chi connectivity index (χ0v) is 17.4. The molecule has 162 valence electrons. The molecule has 0 saturated heterocycles. The molecular formula is C17H22N4O8P+. The Kier molecular flexibility index (Phi) is 6.91.